The molecule has 0 amide bonds. The normalized spacial score (nSPS) is 10.0. The number of ether oxygens (including phenoxy) is 2. The van der Waals surface area contributed by atoms with Crippen LogP contribution >= 0.6 is 15.9 Å². The molecule has 20 heavy (non-hydrogen) atoms. The molecule has 0 saturated carbocycles. The van der Waals surface area contributed by atoms with Crippen LogP contribution in [0.4, 0.5) is 17.6 Å². The van der Waals surface area contributed by atoms with Crippen LogP contribution in [0.1, 0.15) is 0 Å². The number of rotatable bonds is 5. The Hall–Kier alpha value is -2.09. The number of nitrogens with one attached hydrogen (secondary N) is 2. The lowest BCUT2D eigenvalue weighted by molar-refractivity contribution is 0.379. The van der Waals surface area contributed by atoms with E-state index in [0.717, 1.165) is 15.9 Å². The minimum atomic E-state index is 0.230. The molecule has 2 N–H and O–H groups in total. The standard InChI is InChI=1S/C12H14BrN5O2/c1-14-10-16-11(18-12(17-10)20-3)15-8-4-7(13)5-9(6-8)19-2/h4-6H,1-3H3,(H2,14,15,16,17,18). The summed E-state index contributed by atoms with van der Waals surface area (Å²) in [6, 6.07) is 5.81. The highest BCUT2D eigenvalue weighted by Crippen LogP contribution is 2.26. The third kappa shape index (κ3) is 3.47. The summed E-state index contributed by atoms with van der Waals surface area (Å²) in [6.07, 6.45) is 0. The van der Waals surface area contributed by atoms with E-state index in [1.54, 1.807) is 14.2 Å². The van der Waals surface area contributed by atoms with Gasteiger partial charge < -0.3 is 20.1 Å². The van der Waals surface area contributed by atoms with Crippen molar-refractivity contribution >= 4 is 33.5 Å². The van der Waals surface area contributed by atoms with Crippen LogP contribution in [0.2, 0.25) is 0 Å². The van der Waals surface area contributed by atoms with Crippen molar-refractivity contribution in [3.8, 4) is 11.8 Å². The van der Waals surface area contributed by atoms with E-state index in [1.807, 2.05) is 18.2 Å². The van der Waals surface area contributed by atoms with E-state index in [9.17, 15) is 0 Å². The molecule has 0 fully saturated rings. The number of benzene rings is 1. The predicted octanol–water partition coefficient (Wildman–Crippen LogP) is 2.44. The van der Waals surface area contributed by atoms with E-state index in [1.165, 1.54) is 7.11 Å². The molecule has 0 aliphatic rings. The SMILES string of the molecule is CNc1nc(Nc2cc(Br)cc(OC)c2)nc(OC)n1. The van der Waals surface area contributed by atoms with Gasteiger partial charge in [-0.25, -0.2) is 0 Å². The predicted molar refractivity (Wildman–Crippen MR) is 79.9 cm³/mol. The molecular weight excluding hydrogens is 326 g/mol. The maximum Gasteiger partial charge on any atom is 0.322 e. The zero-order chi connectivity index (χ0) is 14.5. The Labute approximate surface area is 124 Å². The van der Waals surface area contributed by atoms with Gasteiger partial charge in [0.2, 0.25) is 11.9 Å². The summed E-state index contributed by atoms with van der Waals surface area (Å²) in [5.41, 5.74) is 0.784. The Kier molecular flexibility index (Phi) is 4.57. The van der Waals surface area contributed by atoms with E-state index < -0.39 is 0 Å². The molecule has 0 spiro atoms. The van der Waals surface area contributed by atoms with Crippen molar-refractivity contribution in [1.82, 2.24) is 15.0 Å². The van der Waals surface area contributed by atoms with Gasteiger partial charge in [0.05, 0.1) is 14.2 Å². The van der Waals surface area contributed by atoms with Gasteiger partial charge in [0.1, 0.15) is 5.75 Å². The molecule has 1 heterocycles. The van der Waals surface area contributed by atoms with Gasteiger partial charge in [0.15, 0.2) is 0 Å². The number of hydrogen-bond acceptors (Lipinski definition) is 7. The van der Waals surface area contributed by atoms with Crippen molar-refractivity contribution in [2.75, 3.05) is 31.9 Å². The Balaban J connectivity index is 2.31. The van der Waals surface area contributed by atoms with Crippen LogP contribution in [0.3, 0.4) is 0 Å². The van der Waals surface area contributed by atoms with Gasteiger partial charge in [0.25, 0.3) is 0 Å². The van der Waals surface area contributed by atoms with Crippen molar-refractivity contribution in [3.05, 3.63) is 22.7 Å². The number of hydrogen-bond donors (Lipinski definition) is 2. The Morgan fingerprint density at radius 3 is 2.40 bits per heavy atom. The molecule has 0 unspecified atom stereocenters. The number of anilines is 3. The third-order valence-electron chi connectivity index (χ3n) is 2.38. The Bertz CT molecular complexity index is 586. The molecule has 0 atom stereocenters. The largest absolute Gasteiger partial charge is 0.497 e. The molecule has 1 aromatic carbocycles. The quantitative estimate of drug-likeness (QED) is 0.865. The summed E-state index contributed by atoms with van der Waals surface area (Å²) in [7, 11) is 4.83. The van der Waals surface area contributed by atoms with E-state index in [0.29, 0.717) is 11.9 Å². The molecule has 2 aromatic rings. The van der Waals surface area contributed by atoms with Gasteiger partial charge >= 0.3 is 6.01 Å². The summed E-state index contributed by atoms with van der Waals surface area (Å²) in [5, 5.41) is 5.92. The molecule has 0 aliphatic carbocycles. The van der Waals surface area contributed by atoms with Crippen molar-refractivity contribution < 1.29 is 9.47 Å². The lowest BCUT2D eigenvalue weighted by atomic mass is 10.3. The molecule has 1 aromatic heterocycles. The number of nitrogens with zero attached hydrogens (tertiary/aromatic N) is 3. The second kappa shape index (κ2) is 6.38. The third-order valence-corrected chi connectivity index (χ3v) is 2.84. The molecule has 0 bridgehead atoms. The molecule has 7 nitrogen and oxygen atoms in total. The van der Waals surface area contributed by atoms with E-state index in [2.05, 4.69) is 41.5 Å². The van der Waals surface area contributed by atoms with Crippen molar-refractivity contribution in [2.24, 2.45) is 0 Å². The first-order valence-corrected chi connectivity index (χ1v) is 6.53. The maximum absolute atomic E-state index is 5.20. The van der Waals surface area contributed by atoms with Crippen LogP contribution in [-0.2, 0) is 0 Å². The van der Waals surface area contributed by atoms with Gasteiger partial charge in [-0.15, -0.1) is 0 Å². The van der Waals surface area contributed by atoms with E-state index in [-0.39, 0.29) is 6.01 Å². The molecule has 8 heteroatoms. The summed E-state index contributed by atoms with van der Waals surface area (Å²) in [6.45, 7) is 0. The van der Waals surface area contributed by atoms with Crippen LogP contribution in [-0.4, -0.2) is 36.2 Å². The molecule has 0 saturated heterocycles. The molecule has 0 aliphatic heterocycles. The topological polar surface area (TPSA) is 81.2 Å². The van der Waals surface area contributed by atoms with Crippen LogP contribution in [0.5, 0.6) is 11.8 Å². The first-order chi connectivity index (χ1) is 9.64. The van der Waals surface area contributed by atoms with E-state index in [4.69, 9.17) is 9.47 Å². The average molecular weight is 340 g/mol. The zero-order valence-electron chi connectivity index (χ0n) is 11.3. The zero-order valence-corrected chi connectivity index (χ0v) is 12.9. The maximum atomic E-state index is 5.20. The van der Waals surface area contributed by atoms with Crippen molar-refractivity contribution in [3.63, 3.8) is 0 Å². The highest BCUT2D eigenvalue weighted by atomic mass is 79.9. The highest BCUT2D eigenvalue weighted by Gasteiger charge is 2.07. The minimum Gasteiger partial charge on any atom is -0.497 e. The van der Waals surface area contributed by atoms with Gasteiger partial charge in [0, 0.05) is 23.3 Å². The summed E-state index contributed by atoms with van der Waals surface area (Å²) in [4.78, 5) is 12.4. The fourth-order valence-corrected chi connectivity index (χ4v) is 1.97. The smallest absolute Gasteiger partial charge is 0.322 e. The van der Waals surface area contributed by atoms with Crippen LogP contribution in [0.25, 0.3) is 0 Å². The second-order valence-electron chi connectivity index (χ2n) is 3.72. The van der Waals surface area contributed by atoms with Crippen LogP contribution < -0.4 is 20.1 Å². The lowest BCUT2D eigenvalue weighted by Crippen LogP contribution is -2.05. The molecule has 0 radical (unpaired) electrons. The molecule has 2 rings (SSSR count). The summed E-state index contributed by atoms with van der Waals surface area (Å²) < 4.78 is 11.1. The highest BCUT2D eigenvalue weighted by molar-refractivity contribution is 9.10. The summed E-state index contributed by atoms with van der Waals surface area (Å²) >= 11 is 3.41. The average Bonchev–Trinajstić information content (AvgIpc) is 2.46. The Morgan fingerprint density at radius 2 is 1.75 bits per heavy atom. The molecule has 106 valence electrons. The number of halogens is 1. The second-order valence-corrected chi connectivity index (χ2v) is 4.64. The monoisotopic (exact) mass is 339 g/mol. The minimum absolute atomic E-state index is 0.230. The molecular formula is C12H14BrN5O2. The number of aromatic nitrogens is 3. The van der Waals surface area contributed by atoms with Crippen LogP contribution in [0.15, 0.2) is 22.7 Å². The van der Waals surface area contributed by atoms with E-state index >= 15 is 0 Å². The fraction of sp³-hybridized carbons (Fsp3) is 0.250. The lowest BCUT2D eigenvalue weighted by Gasteiger charge is -2.09. The van der Waals surface area contributed by atoms with Gasteiger partial charge in [-0.2, -0.15) is 15.0 Å². The van der Waals surface area contributed by atoms with Gasteiger partial charge in [-0.1, -0.05) is 15.9 Å². The first-order valence-electron chi connectivity index (χ1n) is 5.74. The Morgan fingerprint density at radius 1 is 1.00 bits per heavy atom. The number of methoxy groups -OCH3 is 2. The van der Waals surface area contributed by atoms with Gasteiger partial charge in [-0.3, -0.25) is 0 Å². The van der Waals surface area contributed by atoms with Crippen LogP contribution in [0, 0.1) is 0 Å². The van der Waals surface area contributed by atoms with Crippen molar-refractivity contribution in [1.29, 1.82) is 0 Å². The van der Waals surface area contributed by atoms with Crippen molar-refractivity contribution in [2.45, 2.75) is 0 Å². The summed E-state index contributed by atoms with van der Waals surface area (Å²) in [5.74, 6) is 1.51. The first kappa shape index (κ1) is 14.3. The fourth-order valence-electron chi connectivity index (χ4n) is 1.50. The van der Waals surface area contributed by atoms with Gasteiger partial charge in [-0.05, 0) is 12.1 Å².